The molecule has 4 heteroatoms. The van der Waals surface area contributed by atoms with E-state index < -0.39 is 5.97 Å². The molecule has 2 rings (SSSR count). The van der Waals surface area contributed by atoms with Crippen molar-refractivity contribution in [3.05, 3.63) is 29.3 Å². The van der Waals surface area contributed by atoms with Gasteiger partial charge in [0.25, 0.3) is 0 Å². The first-order chi connectivity index (χ1) is 7.27. The average Bonchev–Trinajstić information content (AvgIpc) is 2.26. The van der Waals surface area contributed by atoms with Crippen molar-refractivity contribution in [1.29, 1.82) is 0 Å². The second-order valence-corrected chi connectivity index (χ2v) is 3.50. The average molecular weight is 207 g/mol. The van der Waals surface area contributed by atoms with E-state index in [1.807, 2.05) is 12.1 Å². The zero-order valence-electron chi connectivity index (χ0n) is 8.32. The number of ether oxygens (including phenoxy) is 1. The maximum atomic E-state index is 10.4. The summed E-state index contributed by atoms with van der Waals surface area (Å²) in [6, 6.07) is 5.78. The highest BCUT2D eigenvalue weighted by atomic mass is 16.5. The molecular weight excluding hydrogens is 194 g/mol. The number of aliphatic carboxylic acids is 1. The third kappa shape index (κ3) is 2.27. The molecule has 1 heterocycles. The van der Waals surface area contributed by atoms with Gasteiger partial charge in [0.2, 0.25) is 0 Å². The summed E-state index contributed by atoms with van der Waals surface area (Å²) in [7, 11) is 0. The fraction of sp³-hybridized carbons (Fsp3) is 0.364. The summed E-state index contributed by atoms with van der Waals surface area (Å²) in [5.74, 6) is -0.265. The van der Waals surface area contributed by atoms with E-state index in [2.05, 4.69) is 11.4 Å². The van der Waals surface area contributed by atoms with E-state index in [0.29, 0.717) is 5.75 Å². The summed E-state index contributed by atoms with van der Waals surface area (Å²) in [5.41, 5.74) is 2.33. The predicted molar refractivity (Wildman–Crippen MR) is 55.0 cm³/mol. The Hall–Kier alpha value is -1.55. The second-order valence-electron chi connectivity index (χ2n) is 3.50. The van der Waals surface area contributed by atoms with Crippen LogP contribution < -0.4 is 10.1 Å². The minimum Gasteiger partial charge on any atom is -0.482 e. The van der Waals surface area contributed by atoms with Gasteiger partial charge in [0.1, 0.15) is 5.75 Å². The zero-order chi connectivity index (χ0) is 10.7. The van der Waals surface area contributed by atoms with Crippen LogP contribution in [0.5, 0.6) is 5.75 Å². The highest BCUT2D eigenvalue weighted by Gasteiger charge is 2.13. The second kappa shape index (κ2) is 4.31. The lowest BCUT2D eigenvalue weighted by atomic mass is 10.0. The fourth-order valence-corrected chi connectivity index (χ4v) is 1.76. The Morgan fingerprint density at radius 1 is 1.53 bits per heavy atom. The van der Waals surface area contributed by atoms with Gasteiger partial charge in [-0.2, -0.15) is 0 Å². The Bertz CT molecular complexity index is 376. The predicted octanol–water partition coefficient (Wildman–Crippen LogP) is 0.796. The van der Waals surface area contributed by atoms with Gasteiger partial charge in [-0.3, -0.25) is 0 Å². The van der Waals surface area contributed by atoms with Crippen LogP contribution in [0.1, 0.15) is 11.1 Å². The van der Waals surface area contributed by atoms with Crippen LogP contribution in [0.4, 0.5) is 0 Å². The molecule has 4 nitrogen and oxygen atoms in total. The molecule has 0 unspecified atom stereocenters. The van der Waals surface area contributed by atoms with Crippen LogP contribution in [-0.4, -0.2) is 24.2 Å². The van der Waals surface area contributed by atoms with Crippen LogP contribution in [0.2, 0.25) is 0 Å². The molecule has 80 valence electrons. The van der Waals surface area contributed by atoms with Gasteiger partial charge in [-0.1, -0.05) is 12.1 Å². The lowest BCUT2D eigenvalue weighted by molar-refractivity contribution is -0.139. The number of carboxylic acids is 1. The first-order valence-electron chi connectivity index (χ1n) is 4.93. The van der Waals surface area contributed by atoms with Gasteiger partial charge in [0.15, 0.2) is 6.61 Å². The standard InChI is InChI=1S/C11H13NO3/c13-11(14)7-15-10-3-1-2-8-4-5-12-6-9(8)10/h1-3,12H,4-7H2,(H,13,14). The molecule has 1 aromatic rings. The number of nitrogens with one attached hydrogen (secondary N) is 1. The van der Waals surface area contributed by atoms with E-state index in [4.69, 9.17) is 9.84 Å². The van der Waals surface area contributed by atoms with Crippen molar-refractivity contribution in [2.24, 2.45) is 0 Å². The van der Waals surface area contributed by atoms with Crippen LogP contribution in [0.25, 0.3) is 0 Å². The number of fused-ring (bicyclic) bond motifs is 1. The number of rotatable bonds is 3. The SMILES string of the molecule is O=C(O)COc1cccc2c1CNCC2. The van der Waals surface area contributed by atoms with Crippen molar-refractivity contribution in [3.63, 3.8) is 0 Å². The summed E-state index contributed by atoms with van der Waals surface area (Å²) in [6.45, 7) is 1.44. The van der Waals surface area contributed by atoms with Gasteiger partial charge in [0, 0.05) is 12.1 Å². The molecular formula is C11H13NO3. The maximum Gasteiger partial charge on any atom is 0.341 e. The topological polar surface area (TPSA) is 58.6 Å². The Morgan fingerprint density at radius 2 is 2.40 bits per heavy atom. The molecule has 2 N–H and O–H groups in total. The Morgan fingerprint density at radius 3 is 3.20 bits per heavy atom. The van der Waals surface area contributed by atoms with Gasteiger partial charge in [-0.15, -0.1) is 0 Å². The largest absolute Gasteiger partial charge is 0.482 e. The van der Waals surface area contributed by atoms with E-state index in [1.54, 1.807) is 0 Å². The van der Waals surface area contributed by atoms with Crippen LogP contribution in [0, 0.1) is 0 Å². The lowest BCUT2D eigenvalue weighted by Crippen LogP contribution is -2.24. The smallest absolute Gasteiger partial charge is 0.341 e. The molecule has 0 amide bonds. The molecule has 1 aromatic carbocycles. The van der Waals surface area contributed by atoms with Crippen LogP contribution in [0.3, 0.4) is 0 Å². The van der Waals surface area contributed by atoms with E-state index >= 15 is 0 Å². The summed E-state index contributed by atoms with van der Waals surface area (Å²) in [6.07, 6.45) is 0.972. The molecule has 0 radical (unpaired) electrons. The molecule has 0 atom stereocenters. The Kier molecular flexibility index (Phi) is 2.87. The quantitative estimate of drug-likeness (QED) is 0.769. The minimum absolute atomic E-state index is 0.281. The first-order valence-corrected chi connectivity index (χ1v) is 4.93. The minimum atomic E-state index is -0.948. The molecule has 0 saturated heterocycles. The fourth-order valence-electron chi connectivity index (χ4n) is 1.76. The summed E-state index contributed by atoms with van der Waals surface area (Å²) >= 11 is 0. The molecule has 0 saturated carbocycles. The van der Waals surface area contributed by atoms with Crippen molar-refractivity contribution < 1.29 is 14.6 Å². The van der Waals surface area contributed by atoms with Gasteiger partial charge < -0.3 is 15.2 Å². The molecule has 1 aliphatic rings. The van der Waals surface area contributed by atoms with Gasteiger partial charge >= 0.3 is 5.97 Å². The van der Waals surface area contributed by atoms with Crippen molar-refractivity contribution in [3.8, 4) is 5.75 Å². The molecule has 0 spiro atoms. The molecule has 0 fully saturated rings. The number of hydrogen-bond acceptors (Lipinski definition) is 3. The number of hydrogen-bond donors (Lipinski definition) is 2. The summed E-state index contributed by atoms with van der Waals surface area (Å²) in [5, 5.41) is 11.8. The summed E-state index contributed by atoms with van der Waals surface area (Å²) in [4.78, 5) is 10.4. The van der Waals surface area contributed by atoms with Gasteiger partial charge in [-0.25, -0.2) is 4.79 Å². The number of benzene rings is 1. The van der Waals surface area contributed by atoms with Crippen molar-refractivity contribution in [1.82, 2.24) is 5.32 Å². The maximum absolute atomic E-state index is 10.4. The van der Waals surface area contributed by atoms with Crippen LogP contribution in [-0.2, 0) is 17.8 Å². The Balaban J connectivity index is 2.19. The molecule has 0 bridgehead atoms. The van der Waals surface area contributed by atoms with Gasteiger partial charge in [-0.05, 0) is 24.6 Å². The number of carbonyl (C=O) groups is 1. The zero-order valence-corrected chi connectivity index (χ0v) is 8.32. The van der Waals surface area contributed by atoms with Crippen molar-refractivity contribution in [2.75, 3.05) is 13.2 Å². The Labute approximate surface area is 87.9 Å². The lowest BCUT2D eigenvalue weighted by Gasteiger charge is -2.19. The molecule has 0 aliphatic carbocycles. The first kappa shape index (κ1) is 9.98. The third-order valence-corrected chi connectivity index (χ3v) is 2.45. The molecule has 1 aliphatic heterocycles. The highest BCUT2D eigenvalue weighted by molar-refractivity contribution is 5.68. The van der Waals surface area contributed by atoms with E-state index in [1.165, 1.54) is 5.56 Å². The monoisotopic (exact) mass is 207 g/mol. The summed E-state index contributed by atoms with van der Waals surface area (Å²) < 4.78 is 5.23. The third-order valence-electron chi connectivity index (χ3n) is 2.45. The molecule has 0 aromatic heterocycles. The van der Waals surface area contributed by atoms with Gasteiger partial charge in [0.05, 0.1) is 0 Å². The normalized spacial score (nSPS) is 14.4. The van der Waals surface area contributed by atoms with E-state index in [0.717, 1.165) is 25.1 Å². The van der Waals surface area contributed by atoms with Crippen molar-refractivity contribution in [2.45, 2.75) is 13.0 Å². The highest BCUT2D eigenvalue weighted by Crippen LogP contribution is 2.24. The van der Waals surface area contributed by atoms with Crippen molar-refractivity contribution >= 4 is 5.97 Å². The molecule has 15 heavy (non-hydrogen) atoms. The van der Waals surface area contributed by atoms with Crippen LogP contribution in [0.15, 0.2) is 18.2 Å². The van der Waals surface area contributed by atoms with Crippen LogP contribution >= 0.6 is 0 Å². The van der Waals surface area contributed by atoms with E-state index in [-0.39, 0.29) is 6.61 Å². The van der Waals surface area contributed by atoms with E-state index in [9.17, 15) is 4.79 Å². The number of carboxylic acid groups (broad SMARTS) is 1.